The van der Waals surface area contributed by atoms with E-state index in [9.17, 15) is 0 Å². The summed E-state index contributed by atoms with van der Waals surface area (Å²) in [6.07, 6.45) is 13.9. The van der Waals surface area contributed by atoms with Crippen molar-refractivity contribution >= 4 is 49.8 Å². The summed E-state index contributed by atoms with van der Waals surface area (Å²) in [6, 6.07) is 68.8. The highest BCUT2D eigenvalue weighted by Crippen LogP contribution is 2.58. The Morgan fingerprint density at radius 1 is 0.492 bits per heavy atom. The van der Waals surface area contributed by atoms with Gasteiger partial charge in [-0.3, -0.25) is 4.98 Å². The van der Waals surface area contributed by atoms with Crippen LogP contribution in [0.15, 0.2) is 229 Å². The molecule has 2 heterocycles. The molecule has 2 aliphatic carbocycles. The Morgan fingerprint density at radius 3 is 1.75 bits per heavy atom. The monoisotopic (exact) mass is 780 g/mol. The van der Waals surface area contributed by atoms with E-state index in [1.807, 2.05) is 18.5 Å². The van der Waals surface area contributed by atoms with Gasteiger partial charge in [-0.2, -0.15) is 0 Å². The molecule has 0 saturated carbocycles. The van der Waals surface area contributed by atoms with E-state index in [0.29, 0.717) is 0 Å². The van der Waals surface area contributed by atoms with Gasteiger partial charge in [-0.25, -0.2) is 0 Å². The first-order chi connectivity index (χ1) is 30.2. The average Bonchev–Trinajstić information content (AvgIpc) is 3.85. The fourth-order valence-electron chi connectivity index (χ4n) is 10.2. The highest BCUT2D eigenvalue weighted by molar-refractivity contribution is 6.11. The zero-order valence-corrected chi connectivity index (χ0v) is 33.4. The molecular formula is C58H40N2O. The maximum Gasteiger partial charge on any atom is 0.136 e. The molecule has 288 valence electrons. The molecule has 2 aliphatic rings. The van der Waals surface area contributed by atoms with Crippen LogP contribution in [0.5, 0.6) is 0 Å². The summed E-state index contributed by atoms with van der Waals surface area (Å²) < 4.78 is 6.32. The number of aromatic nitrogens is 1. The summed E-state index contributed by atoms with van der Waals surface area (Å²) in [4.78, 5) is 6.73. The van der Waals surface area contributed by atoms with E-state index in [0.717, 1.165) is 67.3 Å². The number of hydrogen-bond acceptors (Lipinski definition) is 3. The highest BCUT2D eigenvalue weighted by Gasteiger charge is 2.48. The van der Waals surface area contributed by atoms with Crippen LogP contribution in [-0.4, -0.2) is 4.98 Å². The Labute approximate surface area is 355 Å². The Morgan fingerprint density at radius 2 is 1.08 bits per heavy atom. The van der Waals surface area contributed by atoms with Crippen LogP contribution < -0.4 is 4.90 Å². The van der Waals surface area contributed by atoms with Gasteiger partial charge in [0.1, 0.15) is 11.2 Å². The SMILES string of the molecule is C1=CCC(C2(c3ccc(N(c4ccc(-c5ccccc5)cc4)c4ccc(-c5ccc6oc7cc8ccncc8cc7c6c5)cc4)cc3)c3ccccc3-c3ccccc32)C=C1. The largest absolute Gasteiger partial charge is 0.456 e. The lowest BCUT2D eigenvalue weighted by Crippen LogP contribution is -2.35. The third kappa shape index (κ3) is 5.69. The molecule has 12 rings (SSSR count). The van der Waals surface area contributed by atoms with Crippen LogP contribution >= 0.6 is 0 Å². The zero-order chi connectivity index (χ0) is 40.3. The average molecular weight is 781 g/mol. The standard InChI is InChI=1S/C58H40N2O/c1-3-11-39(12-4-1)40-19-26-47(27-20-40)60(48-28-21-41(22-29-48)42-23-32-56-52(35-42)53-36-44-38-59-34-33-43(44)37-57(53)61-56)49-30-24-46(25-31-49)58(45-13-5-2-6-14-45)54-17-9-7-15-50(54)51-16-8-10-18-55(51)58/h1-13,15-38,45H,14H2. The fourth-order valence-corrected chi connectivity index (χ4v) is 10.2. The topological polar surface area (TPSA) is 29.3 Å². The molecular weight excluding hydrogens is 741 g/mol. The lowest BCUT2D eigenvalue weighted by molar-refractivity contribution is 0.457. The number of benzene rings is 8. The van der Waals surface area contributed by atoms with Crippen LogP contribution in [0.1, 0.15) is 23.1 Å². The molecule has 0 N–H and O–H groups in total. The molecule has 0 radical (unpaired) electrons. The van der Waals surface area contributed by atoms with Crippen molar-refractivity contribution in [1.29, 1.82) is 0 Å². The number of allylic oxidation sites excluding steroid dienone is 4. The van der Waals surface area contributed by atoms with Gasteiger partial charge in [0, 0.05) is 45.6 Å². The molecule has 0 saturated heterocycles. The Bertz CT molecular complexity index is 3280. The number of furan rings is 1. The molecule has 1 unspecified atom stereocenters. The maximum atomic E-state index is 6.32. The van der Waals surface area contributed by atoms with Gasteiger partial charge in [0.2, 0.25) is 0 Å². The molecule has 0 aliphatic heterocycles. The van der Waals surface area contributed by atoms with Gasteiger partial charge in [-0.1, -0.05) is 146 Å². The van der Waals surface area contributed by atoms with Crippen LogP contribution in [0, 0.1) is 5.92 Å². The second-order valence-corrected chi connectivity index (χ2v) is 16.3. The van der Waals surface area contributed by atoms with E-state index in [1.54, 1.807) is 0 Å². The second kappa shape index (κ2) is 14.2. The van der Waals surface area contributed by atoms with Crippen molar-refractivity contribution in [2.24, 2.45) is 5.92 Å². The molecule has 10 aromatic rings. The second-order valence-electron chi connectivity index (χ2n) is 16.3. The van der Waals surface area contributed by atoms with Crippen molar-refractivity contribution in [3.63, 3.8) is 0 Å². The number of pyridine rings is 1. The van der Waals surface area contributed by atoms with Crippen LogP contribution in [0.2, 0.25) is 0 Å². The molecule has 3 nitrogen and oxygen atoms in total. The Balaban J connectivity index is 0.960. The van der Waals surface area contributed by atoms with E-state index in [4.69, 9.17) is 4.42 Å². The zero-order valence-electron chi connectivity index (χ0n) is 33.4. The molecule has 3 heteroatoms. The van der Waals surface area contributed by atoms with Crippen molar-refractivity contribution < 1.29 is 4.42 Å². The van der Waals surface area contributed by atoms with Crippen LogP contribution in [0.3, 0.4) is 0 Å². The number of nitrogens with zero attached hydrogens (tertiary/aromatic N) is 2. The normalized spacial score (nSPS) is 15.0. The number of rotatable bonds is 7. The molecule has 0 amide bonds. The quantitative estimate of drug-likeness (QED) is 0.161. The maximum absolute atomic E-state index is 6.32. The summed E-state index contributed by atoms with van der Waals surface area (Å²) >= 11 is 0. The first-order valence-electron chi connectivity index (χ1n) is 21.1. The van der Waals surface area contributed by atoms with Crippen molar-refractivity contribution in [3.05, 3.63) is 241 Å². The van der Waals surface area contributed by atoms with Gasteiger partial charge in [0.25, 0.3) is 0 Å². The highest BCUT2D eigenvalue weighted by atomic mass is 16.3. The predicted molar refractivity (Wildman–Crippen MR) is 253 cm³/mol. The van der Waals surface area contributed by atoms with Crippen LogP contribution in [0.4, 0.5) is 17.1 Å². The minimum absolute atomic E-state index is 0.276. The van der Waals surface area contributed by atoms with E-state index >= 15 is 0 Å². The molecule has 0 fully saturated rings. The summed E-state index contributed by atoms with van der Waals surface area (Å²) in [6.45, 7) is 0. The summed E-state index contributed by atoms with van der Waals surface area (Å²) in [7, 11) is 0. The van der Waals surface area contributed by atoms with E-state index in [2.05, 4.69) is 216 Å². The van der Waals surface area contributed by atoms with E-state index in [-0.39, 0.29) is 11.3 Å². The minimum Gasteiger partial charge on any atom is -0.456 e. The Kier molecular flexibility index (Phi) is 8.21. The smallest absolute Gasteiger partial charge is 0.136 e. The van der Waals surface area contributed by atoms with Crippen LogP contribution in [-0.2, 0) is 5.41 Å². The van der Waals surface area contributed by atoms with Crippen molar-refractivity contribution in [1.82, 2.24) is 4.98 Å². The van der Waals surface area contributed by atoms with Gasteiger partial charge >= 0.3 is 0 Å². The minimum atomic E-state index is -0.317. The number of fused-ring (bicyclic) bond motifs is 7. The number of hydrogen-bond donors (Lipinski definition) is 0. The lowest BCUT2D eigenvalue weighted by Gasteiger charge is -2.40. The van der Waals surface area contributed by atoms with Gasteiger partial charge in [-0.15, -0.1) is 0 Å². The molecule has 61 heavy (non-hydrogen) atoms. The Hall–Kier alpha value is -7.75. The summed E-state index contributed by atoms with van der Waals surface area (Å²) in [5.74, 6) is 0.276. The third-order valence-corrected chi connectivity index (χ3v) is 13.0. The molecule has 8 aromatic carbocycles. The fraction of sp³-hybridized carbons (Fsp3) is 0.0517. The van der Waals surface area contributed by atoms with E-state index < -0.39 is 0 Å². The lowest BCUT2D eigenvalue weighted by atomic mass is 9.62. The molecule has 1 atom stereocenters. The van der Waals surface area contributed by atoms with Gasteiger partial charge in [-0.05, 0) is 135 Å². The van der Waals surface area contributed by atoms with Gasteiger partial charge < -0.3 is 9.32 Å². The predicted octanol–water partition coefficient (Wildman–Crippen LogP) is 15.4. The van der Waals surface area contributed by atoms with E-state index in [1.165, 1.54) is 38.9 Å². The first kappa shape index (κ1) is 35.2. The van der Waals surface area contributed by atoms with Crippen molar-refractivity contribution in [3.8, 4) is 33.4 Å². The van der Waals surface area contributed by atoms with Crippen molar-refractivity contribution in [2.45, 2.75) is 11.8 Å². The van der Waals surface area contributed by atoms with Gasteiger partial charge in [0.05, 0.1) is 5.41 Å². The number of anilines is 3. The first-order valence-corrected chi connectivity index (χ1v) is 21.1. The molecule has 2 aromatic heterocycles. The molecule has 0 spiro atoms. The van der Waals surface area contributed by atoms with Crippen molar-refractivity contribution in [2.75, 3.05) is 4.90 Å². The summed E-state index contributed by atoms with van der Waals surface area (Å²) in [5, 5.41) is 4.43. The molecule has 0 bridgehead atoms. The third-order valence-electron chi connectivity index (χ3n) is 13.0. The van der Waals surface area contributed by atoms with Gasteiger partial charge in [0.15, 0.2) is 0 Å². The summed E-state index contributed by atoms with van der Waals surface area (Å²) in [5.41, 5.74) is 16.2. The van der Waals surface area contributed by atoms with Crippen LogP contribution in [0.25, 0.3) is 66.1 Å².